The zero-order valence-electron chi connectivity index (χ0n) is 14.6. The van der Waals surface area contributed by atoms with Crippen molar-refractivity contribution in [1.29, 1.82) is 0 Å². The number of H-pyrrole nitrogens is 1. The molecule has 1 fully saturated rings. The summed E-state index contributed by atoms with van der Waals surface area (Å²) < 4.78 is 30.6. The topological polar surface area (TPSA) is 134 Å². The van der Waals surface area contributed by atoms with Crippen LogP contribution in [0, 0.1) is 0 Å². The summed E-state index contributed by atoms with van der Waals surface area (Å²) in [7, 11) is -3.74. The maximum absolute atomic E-state index is 12.8. The minimum atomic E-state index is -3.74. The highest BCUT2D eigenvalue weighted by atomic mass is 35.5. The number of rotatable bonds is 5. The number of nitrogen functional groups attached to an aromatic ring is 1. The number of nitrogens with one attached hydrogen (secondary N) is 1. The monoisotopic (exact) mass is 425 g/mol. The molecule has 0 radical (unpaired) electrons. The van der Waals surface area contributed by atoms with Crippen LogP contribution in [0.15, 0.2) is 35.4 Å². The van der Waals surface area contributed by atoms with E-state index >= 15 is 0 Å². The molecule has 2 aromatic heterocycles. The Morgan fingerprint density at radius 2 is 2.32 bits per heavy atom. The Labute approximate surface area is 164 Å². The average Bonchev–Trinajstić information content (AvgIpc) is 3.05. The molecule has 1 aromatic carbocycles. The van der Waals surface area contributed by atoms with E-state index in [0.29, 0.717) is 17.1 Å². The summed E-state index contributed by atoms with van der Waals surface area (Å²) in [4.78, 5) is 22.2. The lowest BCUT2D eigenvalue weighted by molar-refractivity contribution is 0.0274. The number of nitrogens with two attached hydrogens (primary N) is 1. The Hall–Kier alpha value is -2.23. The van der Waals surface area contributed by atoms with Crippen molar-refractivity contribution in [2.24, 2.45) is 0 Å². The number of aromatic nitrogens is 4. The SMILES string of the molecule is Nc1nc2c(ncn2CCOP2(=O)OCCC(c3cccc(Cl)c3)O2)c(=O)[nH]1. The van der Waals surface area contributed by atoms with Crippen molar-refractivity contribution in [2.45, 2.75) is 19.1 Å². The van der Waals surface area contributed by atoms with Gasteiger partial charge in [-0.05, 0) is 17.7 Å². The first kappa shape index (κ1) is 19.1. The first-order valence-corrected chi connectivity index (χ1v) is 10.3. The van der Waals surface area contributed by atoms with Gasteiger partial charge in [0.2, 0.25) is 5.95 Å². The third-order valence-corrected chi connectivity index (χ3v) is 5.93. The minimum Gasteiger partial charge on any atom is -0.369 e. The van der Waals surface area contributed by atoms with Gasteiger partial charge in [0.15, 0.2) is 11.2 Å². The normalized spacial score (nSPS) is 22.5. The van der Waals surface area contributed by atoms with Gasteiger partial charge in [-0.3, -0.25) is 23.3 Å². The van der Waals surface area contributed by atoms with Crippen LogP contribution in [-0.4, -0.2) is 32.7 Å². The van der Waals surface area contributed by atoms with Gasteiger partial charge in [-0.15, -0.1) is 0 Å². The van der Waals surface area contributed by atoms with E-state index in [4.69, 9.17) is 30.9 Å². The molecular formula is C16H17ClN5O5P. The van der Waals surface area contributed by atoms with Crippen LogP contribution in [-0.2, 0) is 24.7 Å². The highest BCUT2D eigenvalue weighted by molar-refractivity contribution is 7.48. The van der Waals surface area contributed by atoms with Crippen LogP contribution in [0.4, 0.5) is 5.95 Å². The third-order valence-electron chi connectivity index (χ3n) is 4.18. The Kier molecular flexibility index (Phi) is 5.22. The second-order valence-corrected chi connectivity index (χ2v) is 8.17. The van der Waals surface area contributed by atoms with E-state index in [1.807, 2.05) is 6.07 Å². The highest BCUT2D eigenvalue weighted by Crippen LogP contribution is 2.56. The number of anilines is 1. The van der Waals surface area contributed by atoms with Crippen molar-refractivity contribution in [3.05, 3.63) is 51.5 Å². The summed E-state index contributed by atoms with van der Waals surface area (Å²) in [5, 5.41) is 0.567. The van der Waals surface area contributed by atoms with E-state index in [1.165, 1.54) is 6.33 Å². The molecule has 0 aliphatic carbocycles. The summed E-state index contributed by atoms with van der Waals surface area (Å²) in [6.45, 7) is 0.459. The summed E-state index contributed by atoms with van der Waals surface area (Å²) in [5.41, 5.74) is 6.41. The molecule has 4 rings (SSSR count). The molecule has 0 bridgehead atoms. The van der Waals surface area contributed by atoms with Gasteiger partial charge >= 0.3 is 7.82 Å². The Bertz CT molecular complexity index is 1120. The van der Waals surface area contributed by atoms with Crippen molar-refractivity contribution in [2.75, 3.05) is 18.9 Å². The molecule has 3 N–H and O–H groups in total. The molecule has 1 aliphatic heterocycles. The van der Waals surface area contributed by atoms with Gasteiger partial charge in [-0.25, -0.2) is 9.55 Å². The third kappa shape index (κ3) is 3.96. The molecule has 10 nitrogen and oxygen atoms in total. The predicted octanol–water partition coefficient (Wildman–Crippen LogP) is 2.66. The van der Waals surface area contributed by atoms with Crippen molar-refractivity contribution in [1.82, 2.24) is 19.5 Å². The first-order chi connectivity index (χ1) is 13.4. The van der Waals surface area contributed by atoms with Crippen LogP contribution < -0.4 is 11.3 Å². The minimum absolute atomic E-state index is 0.000608. The van der Waals surface area contributed by atoms with Crippen molar-refractivity contribution < 1.29 is 18.1 Å². The molecule has 28 heavy (non-hydrogen) atoms. The predicted molar refractivity (Wildman–Crippen MR) is 102 cm³/mol. The average molecular weight is 426 g/mol. The summed E-state index contributed by atoms with van der Waals surface area (Å²) >= 11 is 6.01. The molecule has 0 spiro atoms. The smallest absolute Gasteiger partial charge is 0.369 e. The van der Waals surface area contributed by atoms with E-state index < -0.39 is 19.5 Å². The number of aromatic amines is 1. The Morgan fingerprint density at radius 3 is 3.14 bits per heavy atom. The standard InChI is InChI=1S/C16H17ClN5O5P/c17-11-3-1-2-10(8-11)12-4-6-25-28(24,27-12)26-7-5-22-9-19-13-14(22)20-16(18)21-15(13)23/h1-3,8-9,12H,4-7H2,(H3,18,20,21,23). The van der Waals surface area contributed by atoms with Crippen LogP contribution in [0.5, 0.6) is 0 Å². The maximum atomic E-state index is 12.8. The van der Waals surface area contributed by atoms with Crippen molar-refractivity contribution in [3.8, 4) is 0 Å². The number of hydrogen-bond acceptors (Lipinski definition) is 8. The second-order valence-electron chi connectivity index (χ2n) is 6.11. The fourth-order valence-corrected chi connectivity index (χ4v) is 4.47. The quantitative estimate of drug-likeness (QED) is 0.596. The van der Waals surface area contributed by atoms with Crippen LogP contribution in [0.2, 0.25) is 5.02 Å². The van der Waals surface area contributed by atoms with Crippen LogP contribution in [0.25, 0.3) is 11.2 Å². The summed E-state index contributed by atoms with van der Waals surface area (Å²) in [6.07, 6.45) is 1.53. The molecule has 12 heteroatoms. The Balaban J connectivity index is 1.43. The zero-order valence-corrected chi connectivity index (χ0v) is 16.2. The highest BCUT2D eigenvalue weighted by Gasteiger charge is 2.36. The summed E-state index contributed by atoms with van der Waals surface area (Å²) in [6, 6.07) is 7.15. The number of hydrogen-bond donors (Lipinski definition) is 2. The largest absolute Gasteiger partial charge is 0.475 e. The zero-order chi connectivity index (χ0) is 19.7. The molecule has 0 amide bonds. The van der Waals surface area contributed by atoms with Crippen molar-refractivity contribution in [3.63, 3.8) is 0 Å². The lowest BCUT2D eigenvalue weighted by atomic mass is 10.1. The van der Waals surface area contributed by atoms with Crippen molar-refractivity contribution >= 4 is 36.5 Å². The van der Waals surface area contributed by atoms with Gasteiger partial charge in [0.1, 0.15) is 0 Å². The van der Waals surface area contributed by atoms with E-state index in [9.17, 15) is 9.36 Å². The van der Waals surface area contributed by atoms with E-state index in [-0.39, 0.29) is 31.2 Å². The molecule has 2 unspecified atom stereocenters. The molecule has 1 saturated heterocycles. The van der Waals surface area contributed by atoms with Gasteiger partial charge in [-0.1, -0.05) is 23.7 Å². The lowest BCUT2D eigenvalue weighted by Gasteiger charge is -2.29. The van der Waals surface area contributed by atoms with Gasteiger partial charge in [0.25, 0.3) is 5.56 Å². The number of benzene rings is 1. The fraction of sp³-hybridized carbons (Fsp3) is 0.312. The van der Waals surface area contributed by atoms with Crippen LogP contribution in [0.1, 0.15) is 18.1 Å². The number of phosphoric acid groups is 1. The van der Waals surface area contributed by atoms with Gasteiger partial charge in [0, 0.05) is 18.0 Å². The van der Waals surface area contributed by atoms with Gasteiger partial charge in [0.05, 0.1) is 25.6 Å². The van der Waals surface area contributed by atoms with Gasteiger partial charge in [-0.2, -0.15) is 4.98 Å². The number of imidazole rings is 1. The van der Waals surface area contributed by atoms with Gasteiger partial charge < -0.3 is 10.3 Å². The van der Waals surface area contributed by atoms with Crippen LogP contribution in [0.3, 0.4) is 0 Å². The number of phosphoric ester groups is 1. The number of fused-ring (bicyclic) bond motifs is 1. The maximum Gasteiger partial charge on any atom is 0.475 e. The molecule has 1 aliphatic rings. The summed E-state index contributed by atoms with van der Waals surface area (Å²) in [5.74, 6) is -0.0173. The molecule has 3 heterocycles. The molecule has 3 aromatic rings. The fourth-order valence-electron chi connectivity index (χ4n) is 2.90. The van der Waals surface area contributed by atoms with E-state index in [1.54, 1.807) is 22.8 Å². The molecule has 148 valence electrons. The number of halogens is 1. The Morgan fingerprint density at radius 1 is 1.46 bits per heavy atom. The molecule has 0 saturated carbocycles. The van der Waals surface area contributed by atoms with E-state index in [2.05, 4.69) is 15.0 Å². The van der Waals surface area contributed by atoms with Crippen LogP contribution >= 0.6 is 19.4 Å². The second kappa shape index (κ2) is 7.65. The lowest BCUT2D eigenvalue weighted by Crippen LogP contribution is -2.17. The van der Waals surface area contributed by atoms with E-state index in [0.717, 1.165) is 5.56 Å². The number of nitrogens with zero attached hydrogens (tertiary/aromatic N) is 3. The molecular weight excluding hydrogens is 409 g/mol. The first-order valence-electron chi connectivity index (χ1n) is 8.47. The molecule has 2 atom stereocenters.